The van der Waals surface area contributed by atoms with Crippen LogP contribution in [0.5, 0.6) is 0 Å². The van der Waals surface area contributed by atoms with Crippen molar-refractivity contribution in [2.24, 2.45) is 5.73 Å². The van der Waals surface area contributed by atoms with Crippen LogP contribution in [0.25, 0.3) is 6.08 Å². The van der Waals surface area contributed by atoms with Gasteiger partial charge in [0.05, 0.1) is 5.02 Å². The van der Waals surface area contributed by atoms with Gasteiger partial charge in [-0.2, -0.15) is 0 Å². The van der Waals surface area contributed by atoms with E-state index in [0.717, 1.165) is 5.56 Å². The Morgan fingerprint density at radius 2 is 2.25 bits per heavy atom. The van der Waals surface area contributed by atoms with Crippen molar-refractivity contribution < 1.29 is 0 Å². The Balaban J connectivity index is 2.94. The zero-order valence-corrected chi connectivity index (χ0v) is 7.81. The molecule has 12 heavy (non-hydrogen) atoms. The van der Waals surface area contributed by atoms with Crippen molar-refractivity contribution in [1.29, 1.82) is 0 Å². The first-order chi connectivity index (χ1) is 5.74. The van der Waals surface area contributed by atoms with Crippen LogP contribution in [0.15, 0.2) is 18.3 Å². The molecule has 0 unspecified atom stereocenters. The third kappa shape index (κ3) is 2.48. The fourth-order valence-electron chi connectivity index (χ4n) is 0.736. The van der Waals surface area contributed by atoms with Gasteiger partial charge in [-0.3, -0.25) is 0 Å². The molecule has 0 radical (unpaired) electrons. The Morgan fingerprint density at radius 3 is 2.83 bits per heavy atom. The second-order valence-electron chi connectivity index (χ2n) is 2.17. The summed E-state index contributed by atoms with van der Waals surface area (Å²) in [7, 11) is 0. The molecule has 0 spiro atoms. The van der Waals surface area contributed by atoms with E-state index in [1.54, 1.807) is 18.3 Å². The number of aromatic nitrogens is 1. The van der Waals surface area contributed by atoms with Crippen LogP contribution in [0.4, 0.5) is 0 Å². The molecule has 0 aliphatic carbocycles. The first kappa shape index (κ1) is 9.52. The fourth-order valence-corrected chi connectivity index (χ4v) is 1.16. The van der Waals surface area contributed by atoms with Gasteiger partial charge in [-0.1, -0.05) is 35.4 Å². The van der Waals surface area contributed by atoms with E-state index in [2.05, 4.69) is 4.98 Å². The van der Waals surface area contributed by atoms with Crippen LogP contribution in [0.1, 0.15) is 5.56 Å². The Kier molecular flexibility index (Phi) is 3.53. The SMILES string of the molecule is NC/C=C/c1cnc(Cl)cc1Cl. The molecule has 2 nitrogen and oxygen atoms in total. The predicted molar refractivity (Wildman–Crippen MR) is 52.3 cm³/mol. The molecular weight excluding hydrogens is 195 g/mol. The zero-order chi connectivity index (χ0) is 8.97. The maximum absolute atomic E-state index is 5.85. The molecule has 0 amide bonds. The zero-order valence-electron chi connectivity index (χ0n) is 6.30. The highest BCUT2D eigenvalue weighted by Gasteiger charge is 1.97. The monoisotopic (exact) mass is 202 g/mol. The first-order valence-corrected chi connectivity index (χ1v) is 4.17. The van der Waals surface area contributed by atoms with Gasteiger partial charge in [0, 0.05) is 18.3 Å². The molecule has 0 bridgehead atoms. The molecule has 64 valence electrons. The Hall–Kier alpha value is -0.570. The smallest absolute Gasteiger partial charge is 0.130 e. The lowest BCUT2D eigenvalue weighted by molar-refractivity contribution is 1.26. The van der Waals surface area contributed by atoms with Crippen molar-refractivity contribution in [3.8, 4) is 0 Å². The molecule has 0 saturated carbocycles. The maximum atomic E-state index is 5.85. The summed E-state index contributed by atoms with van der Waals surface area (Å²) in [6.07, 6.45) is 5.22. The van der Waals surface area contributed by atoms with E-state index in [0.29, 0.717) is 16.7 Å². The largest absolute Gasteiger partial charge is 0.327 e. The summed E-state index contributed by atoms with van der Waals surface area (Å²) in [6.45, 7) is 0.485. The molecule has 0 fully saturated rings. The number of hydrogen-bond acceptors (Lipinski definition) is 2. The number of rotatable bonds is 2. The highest BCUT2D eigenvalue weighted by atomic mass is 35.5. The van der Waals surface area contributed by atoms with E-state index in [1.165, 1.54) is 0 Å². The van der Waals surface area contributed by atoms with Gasteiger partial charge in [-0.05, 0) is 6.07 Å². The summed E-state index contributed by atoms with van der Waals surface area (Å²) >= 11 is 11.5. The lowest BCUT2D eigenvalue weighted by Gasteiger charge is -1.96. The minimum absolute atomic E-state index is 0.393. The lowest BCUT2D eigenvalue weighted by atomic mass is 10.2. The van der Waals surface area contributed by atoms with Crippen molar-refractivity contribution in [2.75, 3.05) is 6.54 Å². The molecule has 2 N–H and O–H groups in total. The van der Waals surface area contributed by atoms with Gasteiger partial charge in [-0.15, -0.1) is 0 Å². The normalized spacial score (nSPS) is 10.9. The molecule has 0 saturated heterocycles. The minimum Gasteiger partial charge on any atom is -0.327 e. The van der Waals surface area contributed by atoms with Gasteiger partial charge in [0.1, 0.15) is 5.15 Å². The summed E-state index contributed by atoms with van der Waals surface area (Å²) in [5.74, 6) is 0. The maximum Gasteiger partial charge on any atom is 0.130 e. The van der Waals surface area contributed by atoms with Crippen molar-refractivity contribution >= 4 is 29.3 Å². The molecule has 1 aromatic heterocycles. The van der Waals surface area contributed by atoms with Crippen molar-refractivity contribution in [1.82, 2.24) is 4.98 Å². The van der Waals surface area contributed by atoms with Crippen LogP contribution in [-0.2, 0) is 0 Å². The van der Waals surface area contributed by atoms with Gasteiger partial charge in [0.15, 0.2) is 0 Å². The molecule has 1 rings (SSSR count). The molecule has 0 aromatic carbocycles. The van der Waals surface area contributed by atoms with E-state index >= 15 is 0 Å². The third-order valence-electron chi connectivity index (χ3n) is 1.28. The summed E-state index contributed by atoms with van der Waals surface area (Å²) in [4.78, 5) is 3.88. The first-order valence-electron chi connectivity index (χ1n) is 3.41. The van der Waals surface area contributed by atoms with Crippen molar-refractivity contribution in [3.63, 3.8) is 0 Å². The predicted octanol–water partition coefficient (Wildman–Crippen LogP) is 2.36. The summed E-state index contributed by atoms with van der Waals surface area (Å²) < 4.78 is 0. The van der Waals surface area contributed by atoms with Gasteiger partial charge < -0.3 is 5.73 Å². The number of nitrogens with zero attached hydrogens (tertiary/aromatic N) is 1. The van der Waals surface area contributed by atoms with E-state index < -0.39 is 0 Å². The van der Waals surface area contributed by atoms with Crippen LogP contribution in [0.3, 0.4) is 0 Å². The molecule has 0 atom stereocenters. The van der Waals surface area contributed by atoms with E-state index in [-0.39, 0.29) is 0 Å². The number of halogens is 2. The Morgan fingerprint density at radius 1 is 1.50 bits per heavy atom. The molecular formula is C8H8Cl2N2. The standard InChI is InChI=1S/C8H8Cl2N2/c9-7-4-8(10)12-5-6(7)2-1-3-11/h1-2,4-5H,3,11H2/b2-1+. The Bertz CT molecular complexity index is 297. The van der Waals surface area contributed by atoms with Gasteiger partial charge >= 0.3 is 0 Å². The number of nitrogens with two attached hydrogens (primary N) is 1. The van der Waals surface area contributed by atoms with Crippen LogP contribution >= 0.6 is 23.2 Å². The molecule has 4 heteroatoms. The third-order valence-corrected chi connectivity index (χ3v) is 1.82. The van der Waals surface area contributed by atoms with E-state index in [4.69, 9.17) is 28.9 Å². The quantitative estimate of drug-likeness (QED) is 0.749. The van der Waals surface area contributed by atoms with Crippen LogP contribution in [0.2, 0.25) is 10.2 Å². The second-order valence-corrected chi connectivity index (χ2v) is 2.96. The highest BCUT2D eigenvalue weighted by Crippen LogP contribution is 2.19. The summed E-state index contributed by atoms with van der Waals surface area (Å²) in [5, 5.41) is 0.976. The average Bonchev–Trinajstić information content (AvgIpc) is 2.03. The van der Waals surface area contributed by atoms with Gasteiger partial charge in [0.25, 0.3) is 0 Å². The second kappa shape index (κ2) is 4.45. The lowest BCUT2D eigenvalue weighted by Crippen LogP contribution is -1.92. The number of hydrogen-bond donors (Lipinski definition) is 1. The summed E-state index contributed by atoms with van der Waals surface area (Å²) in [6, 6.07) is 1.60. The molecule has 1 aromatic rings. The topological polar surface area (TPSA) is 38.9 Å². The summed E-state index contributed by atoms with van der Waals surface area (Å²) in [5.41, 5.74) is 6.11. The van der Waals surface area contributed by atoms with E-state index in [9.17, 15) is 0 Å². The molecule has 0 aliphatic heterocycles. The molecule has 1 heterocycles. The van der Waals surface area contributed by atoms with Crippen LogP contribution in [-0.4, -0.2) is 11.5 Å². The highest BCUT2D eigenvalue weighted by molar-refractivity contribution is 6.34. The van der Waals surface area contributed by atoms with Crippen molar-refractivity contribution in [3.05, 3.63) is 34.1 Å². The minimum atomic E-state index is 0.393. The molecule has 0 aliphatic rings. The van der Waals surface area contributed by atoms with Crippen molar-refractivity contribution in [2.45, 2.75) is 0 Å². The fraction of sp³-hybridized carbons (Fsp3) is 0.125. The van der Waals surface area contributed by atoms with Gasteiger partial charge in [0.2, 0.25) is 0 Å². The van der Waals surface area contributed by atoms with Gasteiger partial charge in [-0.25, -0.2) is 4.98 Å². The number of pyridine rings is 1. The average molecular weight is 203 g/mol. The van der Waals surface area contributed by atoms with E-state index in [1.807, 2.05) is 6.08 Å². The van der Waals surface area contributed by atoms with Crippen LogP contribution in [0, 0.1) is 0 Å². The Labute approximate surface area is 81.0 Å². The van der Waals surface area contributed by atoms with Crippen LogP contribution < -0.4 is 5.73 Å².